The first kappa shape index (κ1) is 13.7. The van der Waals surface area contributed by atoms with E-state index in [4.69, 9.17) is 0 Å². The number of H-pyrrole nitrogens is 1. The van der Waals surface area contributed by atoms with Crippen LogP contribution in [0.5, 0.6) is 0 Å². The van der Waals surface area contributed by atoms with Gasteiger partial charge in [0.2, 0.25) is 0 Å². The number of hydrogen-bond donors (Lipinski definition) is 1. The van der Waals surface area contributed by atoms with Gasteiger partial charge < -0.3 is 4.98 Å². The Labute approximate surface area is 120 Å². The molecule has 3 rings (SSSR count). The van der Waals surface area contributed by atoms with Crippen molar-refractivity contribution in [1.29, 1.82) is 0 Å². The normalized spacial score (nSPS) is 12.0. The van der Waals surface area contributed by atoms with E-state index in [0.29, 0.717) is 6.42 Å². The Morgan fingerprint density at radius 3 is 2.33 bits per heavy atom. The highest BCUT2D eigenvalue weighted by atomic mass is 19.4. The molecule has 4 heteroatoms. The lowest BCUT2D eigenvalue weighted by Gasteiger charge is -2.07. The molecule has 0 unspecified atom stereocenters. The predicted octanol–water partition coefficient (Wildman–Crippen LogP) is 5.09. The number of rotatable bonds is 2. The van der Waals surface area contributed by atoms with Crippen molar-refractivity contribution in [2.24, 2.45) is 0 Å². The highest BCUT2D eigenvalue weighted by molar-refractivity contribution is 5.81. The Morgan fingerprint density at radius 2 is 1.67 bits per heavy atom. The van der Waals surface area contributed by atoms with Crippen molar-refractivity contribution in [2.45, 2.75) is 19.5 Å². The Morgan fingerprint density at radius 1 is 0.952 bits per heavy atom. The Bertz CT molecular complexity index is 767. The largest absolute Gasteiger partial charge is 0.416 e. The fourth-order valence-corrected chi connectivity index (χ4v) is 2.44. The number of hydrogen-bond acceptors (Lipinski definition) is 0. The molecule has 0 amide bonds. The fraction of sp³-hybridized carbons (Fsp3) is 0.176. The summed E-state index contributed by atoms with van der Waals surface area (Å²) in [5.41, 5.74) is 3.46. The number of fused-ring (bicyclic) bond motifs is 1. The molecule has 1 nitrogen and oxygen atoms in total. The van der Waals surface area contributed by atoms with Crippen molar-refractivity contribution in [1.82, 2.24) is 4.98 Å². The maximum atomic E-state index is 12.5. The van der Waals surface area contributed by atoms with Gasteiger partial charge in [-0.3, -0.25) is 0 Å². The highest BCUT2D eigenvalue weighted by Crippen LogP contribution is 2.29. The summed E-state index contributed by atoms with van der Waals surface area (Å²) < 4.78 is 37.6. The zero-order valence-corrected chi connectivity index (χ0v) is 11.5. The van der Waals surface area contributed by atoms with Crippen molar-refractivity contribution < 1.29 is 13.2 Å². The smallest absolute Gasteiger partial charge is 0.358 e. The van der Waals surface area contributed by atoms with E-state index in [2.05, 4.69) is 11.1 Å². The number of aryl methyl sites for hydroxylation is 1. The lowest BCUT2D eigenvalue weighted by Crippen LogP contribution is -2.04. The van der Waals surface area contributed by atoms with Gasteiger partial charge in [-0.15, -0.1) is 0 Å². The second kappa shape index (κ2) is 4.95. The van der Waals surface area contributed by atoms with Gasteiger partial charge in [0.25, 0.3) is 0 Å². The average Bonchev–Trinajstić information content (AvgIpc) is 2.79. The van der Waals surface area contributed by atoms with Gasteiger partial charge in [0.1, 0.15) is 0 Å². The minimum atomic E-state index is -4.28. The van der Waals surface area contributed by atoms with Crippen LogP contribution in [0.1, 0.15) is 22.4 Å². The van der Waals surface area contributed by atoms with Crippen molar-refractivity contribution in [3.05, 3.63) is 70.9 Å². The van der Waals surface area contributed by atoms with Crippen molar-refractivity contribution >= 4 is 10.9 Å². The fourth-order valence-electron chi connectivity index (χ4n) is 2.44. The Hall–Kier alpha value is -2.23. The Balaban J connectivity index is 1.84. The molecule has 1 heterocycles. The minimum Gasteiger partial charge on any atom is -0.358 e. The van der Waals surface area contributed by atoms with E-state index in [1.54, 1.807) is 0 Å². The van der Waals surface area contributed by atoms with Crippen LogP contribution in [-0.2, 0) is 12.6 Å². The number of alkyl halides is 3. The molecule has 0 aliphatic rings. The van der Waals surface area contributed by atoms with E-state index in [9.17, 15) is 13.2 Å². The van der Waals surface area contributed by atoms with Crippen LogP contribution in [0.3, 0.4) is 0 Å². The summed E-state index contributed by atoms with van der Waals surface area (Å²) >= 11 is 0. The third-order valence-electron chi connectivity index (χ3n) is 3.51. The summed E-state index contributed by atoms with van der Waals surface area (Å²) in [6.07, 6.45) is -3.69. The molecule has 0 spiro atoms. The van der Waals surface area contributed by atoms with Crippen LogP contribution in [0.2, 0.25) is 0 Å². The van der Waals surface area contributed by atoms with Gasteiger partial charge in [-0.1, -0.05) is 23.8 Å². The van der Waals surface area contributed by atoms with Gasteiger partial charge in [-0.2, -0.15) is 13.2 Å². The molecule has 0 bridgehead atoms. The molecule has 3 aromatic rings. The maximum Gasteiger partial charge on any atom is 0.416 e. The van der Waals surface area contributed by atoms with Gasteiger partial charge in [0.15, 0.2) is 0 Å². The summed E-state index contributed by atoms with van der Waals surface area (Å²) in [5.74, 6) is 0. The lowest BCUT2D eigenvalue weighted by atomic mass is 10.1. The van der Waals surface area contributed by atoms with Crippen LogP contribution in [0, 0.1) is 6.92 Å². The quantitative estimate of drug-likeness (QED) is 0.676. The van der Waals surface area contributed by atoms with Crippen LogP contribution >= 0.6 is 0 Å². The number of halogens is 3. The predicted molar refractivity (Wildman–Crippen MR) is 77.3 cm³/mol. The van der Waals surface area contributed by atoms with Crippen LogP contribution in [0.15, 0.2) is 48.5 Å². The van der Waals surface area contributed by atoms with Crippen molar-refractivity contribution in [2.75, 3.05) is 0 Å². The molecule has 0 saturated heterocycles. The Kier molecular flexibility index (Phi) is 3.24. The second-order valence-electron chi connectivity index (χ2n) is 5.26. The molecule has 0 aliphatic heterocycles. The number of benzene rings is 2. The van der Waals surface area contributed by atoms with Gasteiger partial charge in [-0.25, -0.2) is 0 Å². The van der Waals surface area contributed by atoms with E-state index in [1.807, 2.05) is 25.1 Å². The highest BCUT2D eigenvalue weighted by Gasteiger charge is 2.29. The van der Waals surface area contributed by atoms with Gasteiger partial charge in [0, 0.05) is 17.6 Å². The van der Waals surface area contributed by atoms with Crippen LogP contribution in [0.4, 0.5) is 13.2 Å². The van der Waals surface area contributed by atoms with Gasteiger partial charge in [-0.05, 0) is 48.2 Å². The van der Waals surface area contributed by atoms with Crippen molar-refractivity contribution in [3.8, 4) is 0 Å². The SMILES string of the molecule is Cc1ccc2[nH]c(Cc3ccc(C(F)(F)F)cc3)cc2c1. The molecule has 0 fully saturated rings. The topological polar surface area (TPSA) is 15.8 Å². The molecule has 2 aromatic carbocycles. The van der Waals surface area contributed by atoms with Gasteiger partial charge >= 0.3 is 6.18 Å². The molecule has 1 aromatic heterocycles. The molecule has 0 atom stereocenters. The molecule has 21 heavy (non-hydrogen) atoms. The number of nitrogens with one attached hydrogen (secondary N) is 1. The monoisotopic (exact) mass is 289 g/mol. The third kappa shape index (κ3) is 2.94. The second-order valence-corrected chi connectivity index (χ2v) is 5.26. The standard InChI is InChI=1S/C17H14F3N/c1-11-2-7-16-13(8-11)10-15(21-16)9-12-3-5-14(6-4-12)17(18,19)20/h2-8,10,21H,9H2,1H3. The molecular formula is C17H14F3N. The first-order chi connectivity index (χ1) is 9.91. The first-order valence-electron chi connectivity index (χ1n) is 6.66. The summed E-state index contributed by atoms with van der Waals surface area (Å²) in [7, 11) is 0. The van der Waals surface area contributed by atoms with E-state index >= 15 is 0 Å². The molecule has 108 valence electrons. The molecular weight excluding hydrogens is 275 g/mol. The van der Waals surface area contributed by atoms with Crippen LogP contribution in [-0.4, -0.2) is 4.98 Å². The zero-order valence-electron chi connectivity index (χ0n) is 11.5. The maximum absolute atomic E-state index is 12.5. The van der Waals surface area contributed by atoms with E-state index in [0.717, 1.165) is 34.3 Å². The minimum absolute atomic E-state index is 0.589. The number of aromatic nitrogens is 1. The van der Waals surface area contributed by atoms with E-state index in [1.165, 1.54) is 17.7 Å². The number of aromatic amines is 1. The lowest BCUT2D eigenvalue weighted by molar-refractivity contribution is -0.137. The van der Waals surface area contributed by atoms with Crippen LogP contribution in [0.25, 0.3) is 10.9 Å². The summed E-state index contributed by atoms with van der Waals surface area (Å²) in [5, 5.41) is 1.12. The molecule has 1 N–H and O–H groups in total. The third-order valence-corrected chi connectivity index (χ3v) is 3.51. The molecule has 0 radical (unpaired) electrons. The first-order valence-corrected chi connectivity index (χ1v) is 6.66. The van der Waals surface area contributed by atoms with Gasteiger partial charge in [0.05, 0.1) is 5.56 Å². The summed E-state index contributed by atoms with van der Waals surface area (Å²) in [6.45, 7) is 2.03. The molecule has 0 aliphatic carbocycles. The summed E-state index contributed by atoms with van der Waals surface area (Å²) in [4.78, 5) is 3.29. The van der Waals surface area contributed by atoms with E-state index < -0.39 is 11.7 Å². The van der Waals surface area contributed by atoms with Crippen LogP contribution < -0.4 is 0 Å². The molecule has 0 saturated carbocycles. The summed E-state index contributed by atoms with van der Waals surface area (Å²) in [6, 6.07) is 13.5. The zero-order chi connectivity index (χ0) is 15.0. The van der Waals surface area contributed by atoms with E-state index in [-0.39, 0.29) is 0 Å². The van der Waals surface area contributed by atoms with Crippen molar-refractivity contribution in [3.63, 3.8) is 0 Å². The average molecular weight is 289 g/mol.